The number of rotatable bonds is 2. The monoisotopic (exact) mass is 254 g/mol. The highest BCUT2D eigenvalue weighted by atomic mass is 35.5. The Morgan fingerprint density at radius 2 is 1.76 bits per heavy atom. The van der Waals surface area contributed by atoms with Crippen LogP contribution in [0.5, 0.6) is 0 Å². The highest BCUT2D eigenvalue weighted by Crippen LogP contribution is 2.26. The van der Waals surface area contributed by atoms with E-state index in [0.29, 0.717) is 22.7 Å². The third-order valence-corrected chi connectivity index (χ3v) is 3.64. The van der Waals surface area contributed by atoms with E-state index in [2.05, 4.69) is 15.3 Å². The predicted octanol–water partition coefficient (Wildman–Crippen LogP) is 3.24. The minimum atomic E-state index is 0.343. The lowest BCUT2D eigenvalue weighted by Crippen LogP contribution is -2.21. The summed E-state index contributed by atoms with van der Waals surface area (Å²) in [5.41, 5.74) is 5.66. The average Bonchev–Trinajstić information content (AvgIpc) is 2.28. The van der Waals surface area contributed by atoms with Crippen molar-refractivity contribution in [3.05, 3.63) is 11.3 Å². The van der Waals surface area contributed by atoms with Gasteiger partial charge in [-0.1, -0.05) is 43.7 Å². The minimum Gasteiger partial charge on any atom is -0.382 e. The van der Waals surface area contributed by atoms with E-state index in [4.69, 9.17) is 17.3 Å². The van der Waals surface area contributed by atoms with E-state index in [-0.39, 0.29) is 0 Å². The first-order valence-electron chi connectivity index (χ1n) is 6.30. The second kappa shape index (κ2) is 6.05. The van der Waals surface area contributed by atoms with E-state index in [1.165, 1.54) is 51.3 Å². The van der Waals surface area contributed by atoms with Gasteiger partial charge in [0.25, 0.3) is 0 Å². The summed E-state index contributed by atoms with van der Waals surface area (Å²) in [6.07, 6.45) is 10.4. The van der Waals surface area contributed by atoms with E-state index in [0.717, 1.165) is 0 Å². The number of nitrogens with zero attached hydrogens (tertiary/aromatic N) is 2. The third-order valence-electron chi connectivity index (χ3n) is 3.26. The maximum Gasteiger partial charge on any atom is 0.150 e. The van der Waals surface area contributed by atoms with Gasteiger partial charge in [0, 0.05) is 6.04 Å². The van der Waals surface area contributed by atoms with Crippen LogP contribution in [0, 0.1) is 0 Å². The van der Waals surface area contributed by atoms with E-state index >= 15 is 0 Å². The molecule has 0 unspecified atom stereocenters. The lowest BCUT2D eigenvalue weighted by Gasteiger charge is -2.22. The quantitative estimate of drug-likeness (QED) is 0.851. The molecule has 1 aromatic rings. The Kier molecular flexibility index (Phi) is 4.42. The zero-order chi connectivity index (χ0) is 12.1. The Hall–Kier alpha value is -1.03. The highest BCUT2D eigenvalue weighted by Gasteiger charge is 2.14. The molecule has 2 rings (SSSR count). The summed E-state index contributed by atoms with van der Waals surface area (Å²) in [7, 11) is 0. The smallest absolute Gasteiger partial charge is 0.150 e. The molecular formula is C12H19ClN4. The minimum absolute atomic E-state index is 0.343. The van der Waals surface area contributed by atoms with Crippen LogP contribution in [0.15, 0.2) is 6.33 Å². The SMILES string of the molecule is Nc1ncnc(NC2CCCCCCC2)c1Cl. The zero-order valence-corrected chi connectivity index (χ0v) is 10.7. The Morgan fingerprint density at radius 3 is 2.47 bits per heavy atom. The molecule has 1 aliphatic rings. The van der Waals surface area contributed by atoms with Crippen molar-refractivity contribution in [3.63, 3.8) is 0 Å². The Morgan fingerprint density at radius 1 is 1.12 bits per heavy atom. The van der Waals surface area contributed by atoms with Gasteiger partial charge < -0.3 is 11.1 Å². The molecule has 5 heteroatoms. The molecular weight excluding hydrogens is 236 g/mol. The number of hydrogen-bond acceptors (Lipinski definition) is 4. The second-order valence-electron chi connectivity index (χ2n) is 4.61. The third kappa shape index (κ3) is 3.46. The van der Waals surface area contributed by atoms with Crippen LogP contribution in [0.1, 0.15) is 44.9 Å². The molecule has 4 nitrogen and oxygen atoms in total. The first-order chi connectivity index (χ1) is 8.27. The van der Waals surface area contributed by atoms with Gasteiger partial charge in [-0.05, 0) is 12.8 Å². The summed E-state index contributed by atoms with van der Waals surface area (Å²) in [6.45, 7) is 0. The fourth-order valence-corrected chi connectivity index (χ4v) is 2.43. The van der Waals surface area contributed by atoms with Crippen molar-refractivity contribution in [2.24, 2.45) is 0 Å². The van der Waals surface area contributed by atoms with E-state index in [9.17, 15) is 0 Å². The molecule has 0 atom stereocenters. The Labute approximate surface area is 107 Å². The number of nitrogen functional groups attached to an aromatic ring is 1. The van der Waals surface area contributed by atoms with Crippen LogP contribution in [0.3, 0.4) is 0 Å². The van der Waals surface area contributed by atoms with Crippen LogP contribution in [-0.4, -0.2) is 16.0 Å². The maximum absolute atomic E-state index is 6.07. The summed E-state index contributed by atoms with van der Waals surface area (Å²) in [4.78, 5) is 8.01. The van der Waals surface area contributed by atoms with Gasteiger partial charge in [0.15, 0.2) is 5.82 Å². The van der Waals surface area contributed by atoms with Gasteiger partial charge in [-0.3, -0.25) is 0 Å². The molecule has 0 aliphatic heterocycles. The van der Waals surface area contributed by atoms with Crippen molar-refractivity contribution in [2.45, 2.75) is 51.0 Å². The van der Waals surface area contributed by atoms with Gasteiger partial charge in [0.2, 0.25) is 0 Å². The van der Waals surface area contributed by atoms with Crippen LogP contribution in [0.2, 0.25) is 5.02 Å². The molecule has 1 aliphatic carbocycles. The zero-order valence-electron chi connectivity index (χ0n) is 9.95. The molecule has 0 spiro atoms. The summed E-state index contributed by atoms with van der Waals surface area (Å²) in [6, 6.07) is 0.460. The number of anilines is 2. The van der Waals surface area contributed by atoms with Crippen molar-refractivity contribution in [1.29, 1.82) is 0 Å². The molecule has 0 saturated heterocycles. The molecule has 0 amide bonds. The number of hydrogen-bond donors (Lipinski definition) is 2. The topological polar surface area (TPSA) is 63.8 Å². The number of nitrogens with two attached hydrogens (primary N) is 1. The molecule has 0 aromatic carbocycles. The van der Waals surface area contributed by atoms with Crippen molar-refractivity contribution in [3.8, 4) is 0 Å². The van der Waals surface area contributed by atoms with Crippen molar-refractivity contribution < 1.29 is 0 Å². The molecule has 0 radical (unpaired) electrons. The predicted molar refractivity (Wildman–Crippen MR) is 71.2 cm³/mol. The largest absolute Gasteiger partial charge is 0.382 e. The highest BCUT2D eigenvalue weighted by molar-refractivity contribution is 6.35. The van der Waals surface area contributed by atoms with Gasteiger partial charge in [0.1, 0.15) is 17.2 Å². The van der Waals surface area contributed by atoms with Crippen molar-refractivity contribution in [1.82, 2.24) is 9.97 Å². The Balaban J connectivity index is 2.00. The molecule has 3 N–H and O–H groups in total. The van der Waals surface area contributed by atoms with Gasteiger partial charge in [0.05, 0.1) is 0 Å². The van der Waals surface area contributed by atoms with E-state index < -0.39 is 0 Å². The standard InChI is InChI=1S/C12H19ClN4/c13-10-11(14)15-8-16-12(10)17-9-6-4-2-1-3-5-7-9/h8-9H,1-7H2,(H3,14,15,16,17). The van der Waals surface area contributed by atoms with Crippen LogP contribution in [0.4, 0.5) is 11.6 Å². The van der Waals surface area contributed by atoms with E-state index in [1.54, 1.807) is 0 Å². The maximum atomic E-state index is 6.07. The lowest BCUT2D eigenvalue weighted by atomic mass is 9.97. The molecule has 1 aromatic heterocycles. The summed E-state index contributed by atoms with van der Waals surface area (Å²) in [5.74, 6) is 1.01. The van der Waals surface area contributed by atoms with Gasteiger partial charge in [-0.15, -0.1) is 0 Å². The van der Waals surface area contributed by atoms with E-state index in [1.807, 2.05) is 0 Å². The average molecular weight is 255 g/mol. The molecule has 1 fully saturated rings. The first kappa shape index (κ1) is 12.4. The number of nitrogens with one attached hydrogen (secondary N) is 1. The summed E-state index contributed by atoms with van der Waals surface area (Å²) in [5, 5.41) is 3.83. The second-order valence-corrected chi connectivity index (χ2v) is 4.99. The Bertz CT molecular complexity index is 362. The van der Waals surface area contributed by atoms with Crippen LogP contribution < -0.4 is 11.1 Å². The number of halogens is 1. The molecule has 1 saturated carbocycles. The lowest BCUT2D eigenvalue weighted by molar-refractivity contribution is 0.470. The van der Waals surface area contributed by atoms with Crippen molar-refractivity contribution >= 4 is 23.2 Å². The normalized spacial score (nSPS) is 18.4. The summed E-state index contributed by atoms with van der Waals surface area (Å²) >= 11 is 6.07. The summed E-state index contributed by atoms with van der Waals surface area (Å²) < 4.78 is 0. The van der Waals surface area contributed by atoms with Crippen LogP contribution in [-0.2, 0) is 0 Å². The molecule has 17 heavy (non-hydrogen) atoms. The molecule has 94 valence electrons. The first-order valence-corrected chi connectivity index (χ1v) is 6.67. The van der Waals surface area contributed by atoms with Gasteiger partial charge in [-0.2, -0.15) is 0 Å². The van der Waals surface area contributed by atoms with Crippen molar-refractivity contribution in [2.75, 3.05) is 11.1 Å². The van der Waals surface area contributed by atoms with Crippen LogP contribution >= 0.6 is 11.6 Å². The molecule has 0 bridgehead atoms. The number of aromatic nitrogens is 2. The van der Waals surface area contributed by atoms with Crippen LogP contribution in [0.25, 0.3) is 0 Å². The fraction of sp³-hybridized carbons (Fsp3) is 0.667. The molecule has 1 heterocycles. The fourth-order valence-electron chi connectivity index (χ4n) is 2.28. The van der Waals surface area contributed by atoms with Gasteiger partial charge >= 0.3 is 0 Å². The van der Waals surface area contributed by atoms with Gasteiger partial charge in [-0.25, -0.2) is 9.97 Å².